The smallest absolute Gasteiger partial charge is 0.303 e. The van der Waals surface area contributed by atoms with Crippen LogP contribution in [0.25, 0.3) is 0 Å². The summed E-state index contributed by atoms with van der Waals surface area (Å²) in [5, 5.41) is 11.1. The molecule has 0 radical (unpaired) electrons. The minimum absolute atomic E-state index is 0.0676. The third-order valence-electron chi connectivity index (χ3n) is 2.84. The topological polar surface area (TPSA) is 96.5 Å². The van der Waals surface area contributed by atoms with Gasteiger partial charge in [-0.1, -0.05) is 0 Å². The van der Waals surface area contributed by atoms with E-state index in [-0.39, 0.29) is 24.3 Å². The highest BCUT2D eigenvalue weighted by Gasteiger charge is 2.33. The highest BCUT2D eigenvalue weighted by Crippen LogP contribution is 2.23. The van der Waals surface area contributed by atoms with E-state index in [2.05, 4.69) is 4.98 Å². The Labute approximate surface area is 108 Å². The van der Waals surface area contributed by atoms with Crippen LogP contribution in [0.5, 0.6) is 0 Å². The molecule has 2 heterocycles. The van der Waals surface area contributed by atoms with Crippen molar-refractivity contribution in [2.75, 3.05) is 13.1 Å². The van der Waals surface area contributed by atoms with E-state index >= 15 is 0 Å². The molecule has 1 aromatic rings. The van der Waals surface area contributed by atoms with E-state index < -0.39 is 5.97 Å². The Hall–Kier alpha value is -1.47. The lowest BCUT2D eigenvalue weighted by Crippen LogP contribution is -2.50. The number of carbonyl (C=O) groups is 2. The fraction of sp³-hybridized carbons (Fsp3) is 0.545. The summed E-state index contributed by atoms with van der Waals surface area (Å²) < 4.78 is 0. The van der Waals surface area contributed by atoms with Crippen LogP contribution in [0.15, 0.2) is 5.38 Å². The Kier molecular flexibility index (Phi) is 3.63. The number of aliphatic carboxylic acids is 1. The second-order valence-corrected chi connectivity index (χ2v) is 5.42. The van der Waals surface area contributed by atoms with Gasteiger partial charge in [0.05, 0.1) is 12.5 Å². The minimum Gasteiger partial charge on any atom is -0.481 e. The fourth-order valence-electron chi connectivity index (χ4n) is 1.87. The summed E-state index contributed by atoms with van der Waals surface area (Å²) >= 11 is 1.37. The molecular formula is C11H15N3O3S. The van der Waals surface area contributed by atoms with Gasteiger partial charge in [0.25, 0.3) is 5.91 Å². The monoisotopic (exact) mass is 269 g/mol. The minimum atomic E-state index is -0.819. The van der Waals surface area contributed by atoms with Crippen molar-refractivity contribution < 1.29 is 14.7 Å². The Morgan fingerprint density at radius 3 is 2.83 bits per heavy atom. The van der Waals surface area contributed by atoms with Gasteiger partial charge < -0.3 is 15.7 Å². The number of thiazole rings is 1. The van der Waals surface area contributed by atoms with E-state index in [4.69, 9.17) is 10.8 Å². The predicted molar refractivity (Wildman–Crippen MR) is 66.4 cm³/mol. The molecule has 0 aliphatic carbocycles. The molecule has 1 aromatic heterocycles. The molecule has 2 rings (SSSR count). The number of hydrogen-bond acceptors (Lipinski definition) is 5. The predicted octanol–water partition coefficient (Wildman–Crippen LogP) is 0.709. The highest BCUT2D eigenvalue weighted by atomic mass is 32.1. The molecular weight excluding hydrogens is 254 g/mol. The molecule has 0 aromatic carbocycles. The number of nitrogens with two attached hydrogens (primary N) is 1. The number of likely N-dealkylation sites (tertiary alicyclic amines) is 1. The van der Waals surface area contributed by atoms with Crippen LogP contribution in [0.4, 0.5) is 0 Å². The van der Waals surface area contributed by atoms with E-state index in [9.17, 15) is 9.59 Å². The lowest BCUT2D eigenvalue weighted by atomic mass is 9.96. The number of aromatic nitrogens is 1. The standard InChI is InChI=1S/C11H15N3O3S/c1-6(12)10-13-8(5-18-10)11(17)14-3-7(4-14)2-9(15)16/h5-7H,2-4,12H2,1H3,(H,15,16). The second-order valence-electron chi connectivity index (χ2n) is 4.53. The van der Waals surface area contributed by atoms with Crippen molar-refractivity contribution in [2.24, 2.45) is 11.7 Å². The van der Waals surface area contributed by atoms with Crippen LogP contribution in [0.1, 0.15) is 34.9 Å². The Morgan fingerprint density at radius 2 is 2.33 bits per heavy atom. The summed E-state index contributed by atoms with van der Waals surface area (Å²) in [6.45, 7) is 2.81. The molecule has 0 bridgehead atoms. The number of hydrogen-bond donors (Lipinski definition) is 2. The van der Waals surface area contributed by atoms with Gasteiger partial charge in [0.15, 0.2) is 0 Å². The number of carboxylic acids is 1. The zero-order valence-electron chi connectivity index (χ0n) is 10.00. The summed E-state index contributed by atoms with van der Waals surface area (Å²) in [5.41, 5.74) is 6.09. The molecule has 1 aliphatic rings. The molecule has 3 N–H and O–H groups in total. The van der Waals surface area contributed by atoms with Gasteiger partial charge in [-0.2, -0.15) is 0 Å². The van der Waals surface area contributed by atoms with Crippen LogP contribution in [0.2, 0.25) is 0 Å². The molecule has 1 aliphatic heterocycles. The number of rotatable bonds is 4. The molecule has 0 spiro atoms. The molecule has 7 heteroatoms. The third-order valence-corrected chi connectivity index (χ3v) is 3.88. The van der Waals surface area contributed by atoms with Gasteiger partial charge in [-0.15, -0.1) is 11.3 Å². The molecule has 18 heavy (non-hydrogen) atoms. The van der Waals surface area contributed by atoms with Crippen LogP contribution in [0, 0.1) is 5.92 Å². The van der Waals surface area contributed by atoms with Crippen molar-refractivity contribution in [3.8, 4) is 0 Å². The van der Waals surface area contributed by atoms with Gasteiger partial charge in [-0.05, 0) is 6.92 Å². The van der Waals surface area contributed by atoms with Crippen molar-refractivity contribution in [3.63, 3.8) is 0 Å². The van der Waals surface area contributed by atoms with Crippen molar-refractivity contribution in [2.45, 2.75) is 19.4 Å². The van der Waals surface area contributed by atoms with Gasteiger partial charge in [-0.25, -0.2) is 4.98 Å². The maximum atomic E-state index is 12.0. The van der Waals surface area contributed by atoms with Crippen molar-refractivity contribution in [1.29, 1.82) is 0 Å². The highest BCUT2D eigenvalue weighted by molar-refractivity contribution is 7.09. The molecule has 1 fully saturated rings. The van der Waals surface area contributed by atoms with E-state index in [0.29, 0.717) is 18.8 Å². The Bertz CT molecular complexity index is 466. The lowest BCUT2D eigenvalue weighted by Gasteiger charge is -2.38. The van der Waals surface area contributed by atoms with Crippen molar-refractivity contribution >= 4 is 23.2 Å². The molecule has 0 saturated carbocycles. The first-order chi connectivity index (χ1) is 8.47. The SMILES string of the molecule is CC(N)c1nc(C(=O)N2CC(CC(=O)O)C2)cs1. The van der Waals surface area contributed by atoms with E-state index in [1.165, 1.54) is 11.3 Å². The Morgan fingerprint density at radius 1 is 1.67 bits per heavy atom. The van der Waals surface area contributed by atoms with E-state index in [1.54, 1.807) is 10.3 Å². The first-order valence-corrected chi connectivity index (χ1v) is 6.57. The van der Waals surface area contributed by atoms with Gasteiger partial charge in [-0.3, -0.25) is 9.59 Å². The van der Waals surface area contributed by atoms with Gasteiger partial charge >= 0.3 is 5.97 Å². The molecule has 1 atom stereocenters. The summed E-state index contributed by atoms with van der Waals surface area (Å²) in [6, 6.07) is -0.173. The number of carboxylic acid groups (broad SMARTS) is 1. The maximum absolute atomic E-state index is 12.0. The number of carbonyl (C=O) groups excluding carboxylic acids is 1. The first-order valence-electron chi connectivity index (χ1n) is 5.69. The van der Waals surface area contributed by atoms with Gasteiger partial charge in [0, 0.05) is 24.4 Å². The van der Waals surface area contributed by atoms with Crippen LogP contribution < -0.4 is 5.73 Å². The third kappa shape index (κ3) is 2.68. The molecule has 1 unspecified atom stereocenters. The second kappa shape index (κ2) is 5.03. The zero-order chi connectivity index (χ0) is 13.3. The first kappa shape index (κ1) is 13.0. The van der Waals surface area contributed by atoms with Gasteiger partial charge in [0.1, 0.15) is 10.7 Å². The number of amides is 1. The van der Waals surface area contributed by atoms with Crippen LogP contribution in [-0.4, -0.2) is 40.0 Å². The summed E-state index contributed by atoms with van der Waals surface area (Å²) in [5.74, 6) is -0.891. The van der Waals surface area contributed by atoms with Crippen LogP contribution >= 0.6 is 11.3 Å². The normalized spacial score (nSPS) is 17.3. The summed E-state index contributed by atoms with van der Waals surface area (Å²) in [4.78, 5) is 28.3. The molecule has 1 saturated heterocycles. The van der Waals surface area contributed by atoms with Crippen molar-refractivity contribution in [1.82, 2.24) is 9.88 Å². The number of nitrogens with zero attached hydrogens (tertiary/aromatic N) is 2. The van der Waals surface area contributed by atoms with Gasteiger partial charge in [0.2, 0.25) is 0 Å². The van der Waals surface area contributed by atoms with E-state index in [1.807, 2.05) is 6.92 Å². The van der Waals surface area contributed by atoms with Crippen LogP contribution in [-0.2, 0) is 4.79 Å². The van der Waals surface area contributed by atoms with Crippen LogP contribution in [0.3, 0.4) is 0 Å². The fourth-order valence-corrected chi connectivity index (χ4v) is 2.62. The maximum Gasteiger partial charge on any atom is 0.303 e. The van der Waals surface area contributed by atoms with Crippen molar-refractivity contribution in [3.05, 3.63) is 16.1 Å². The molecule has 98 valence electrons. The Balaban J connectivity index is 1.91. The quantitative estimate of drug-likeness (QED) is 0.839. The lowest BCUT2D eigenvalue weighted by molar-refractivity contribution is -0.139. The summed E-state index contributed by atoms with van der Waals surface area (Å²) in [6.07, 6.45) is 0.117. The largest absolute Gasteiger partial charge is 0.481 e. The average molecular weight is 269 g/mol. The average Bonchev–Trinajstić information content (AvgIpc) is 2.70. The zero-order valence-corrected chi connectivity index (χ0v) is 10.8. The molecule has 1 amide bonds. The summed E-state index contributed by atoms with van der Waals surface area (Å²) in [7, 11) is 0. The molecule has 6 nitrogen and oxygen atoms in total. The van der Waals surface area contributed by atoms with E-state index in [0.717, 1.165) is 5.01 Å².